The molecule has 0 unspecified atom stereocenters. The third-order valence-corrected chi connectivity index (χ3v) is 0.498. The number of hydrogen-bond acceptors (Lipinski definition) is 2. The second-order valence-electron chi connectivity index (χ2n) is 1.58. The standard InChI is InChI=1S/C5H8O2.Cs.H/c1-4(6)3-5(2)7;;/h3H2,1-2H3;;. The molecule has 0 fully saturated rings. The van der Waals surface area contributed by atoms with Crippen LogP contribution in [0, 0.1) is 0 Å². The van der Waals surface area contributed by atoms with E-state index in [1.165, 1.54) is 13.8 Å². The van der Waals surface area contributed by atoms with E-state index in [4.69, 9.17) is 0 Å². The summed E-state index contributed by atoms with van der Waals surface area (Å²) in [6.07, 6.45) is 0.0833. The monoisotopic (exact) mass is 234 g/mol. The van der Waals surface area contributed by atoms with Crippen LogP contribution in [0.25, 0.3) is 0 Å². The van der Waals surface area contributed by atoms with Gasteiger partial charge in [-0.3, -0.25) is 9.59 Å². The van der Waals surface area contributed by atoms with Crippen LogP contribution in [-0.4, -0.2) is 80.5 Å². The van der Waals surface area contributed by atoms with Crippen LogP contribution in [0.5, 0.6) is 0 Å². The van der Waals surface area contributed by atoms with Gasteiger partial charge in [-0.15, -0.1) is 0 Å². The third kappa shape index (κ3) is 10.4. The molecule has 0 saturated carbocycles. The zero-order chi connectivity index (χ0) is 5.86. The Morgan fingerprint density at radius 2 is 1.38 bits per heavy atom. The van der Waals surface area contributed by atoms with E-state index in [1.54, 1.807) is 0 Å². The maximum absolute atomic E-state index is 10.0. The molecule has 0 N–H and O–H groups in total. The van der Waals surface area contributed by atoms with Gasteiger partial charge in [-0.25, -0.2) is 0 Å². The second-order valence-corrected chi connectivity index (χ2v) is 1.58. The van der Waals surface area contributed by atoms with E-state index < -0.39 is 0 Å². The Kier molecular flexibility index (Phi) is 9.85. The molecule has 42 valence electrons. The zero-order valence-corrected chi connectivity index (χ0v) is 4.52. The van der Waals surface area contributed by atoms with Gasteiger partial charge in [0.1, 0.15) is 11.6 Å². The van der Waals surface area contributed by atoms with Crippen LogP contribution in [0.3, 0.4) is 0 Å². The van der Waals surface area contributed by atoms with Gasteiger partial charge in [0.25, 0.3) is 0 Å². The molecule has 0 spiro atoms. The predicted octanol–water partition coefficient (Wildman–Crippen LogP) is -0.0940. The van der Waals surface area contributed by atoms with E-state index in [2.05, 4.69) is 0 Å². The van der Waals surface area contributed by atoms with Crippen molar-refractivity contribution in [2.45, 2.75) is 20.3 Å². The Bertz CT molecular complexity index is 86.6. The summed E-state index contributed by atoms with van der Waals surface area (Å²) < 4.78 is 0. The summed E-state index contributed by atoms with van der Waals surface area (Å²) in [4.78, 5) is 20.1. The van der Waals surface area contributed by atoms with E-state index in [-0.39, 0.29) is 86.9 Å². The van der Waals surface area contributed by atoms with Crippen molar-refractivity contribution >= 4 is 80.5 Å². The summed E-state index contributed by atoms with van der Waals surface area (Å²) in [5.41, 5.74) is 0. The first-order valence-corrected chi connectivity index (χ1v) is 2.12. The van der Waals surface area contributed by atoms with Crippen molar-refractivity contribution in [3.8, 4) is 0 Å². The Hall–Kier alpha value is 1.39. The number of hydrogen-bond donors (Lipinski definition) is 0. The molecule has 0 atom stereocenters. The topological polar surface area (TPSA) is 34.1 Å². The number of carbonyl (C=O) groups is 2. The number of carbonyl (C=O) groups excluding carboxylic acids is 2. The van der Waals surface area contributed by atoms with E-state index in [0.29, 0.717) is 0 Å². The van der Waals surface area contributed by atoms with Crippen LogP contribution in [0.4, 0.5) is 0 Å². The minimum absolute atomic E-state index is 0. The molecule has 0 aliphatic carbocycles. The fourth-order valence-electron chi connectivity index (χ4n) is 0.351. The fourth-order valence-corrected chi connectivity index (χ4v) is 0.351. The van der Waals surface area contributed by atoms with Crippen LogP contribution < -0.4 is 0 Å². The van der Waals surface area contributed by atoms with E-state index in [9.17, 15) is 9.59 Å². The minimum atomic E-state index is -0.0625. The quantitative estimate of drug-likeness (QED) is 0.625. The second kappa shape index (κ2) is 6.51. The molecule has 0 heterocycles. The first-order chi connectivity index (χ1) is 3.13. The zero-order valence-electron chi connectivity index (χ0n) is 4.52. The molecule has 2 nitrogen and oxygen atoms in total. The third-order valence-electron chi connectivity index (χ3n) is 0.498. The normalized spacial score (nSPS) is 7.25. The van der Waals surface area contributed by atoms with Crippen molar-refractivity contribution in [2.24, 2.45) is 0 Å². The van der Waals surface area contributed by atoms with Gasteiger partial charge >= 0.3 is 68.9 Å². The van der Waals surface area contributed by atoms with Crippen molar-refractivity contribution in [1.82, 2.24) is 0 Å². The molecule has 0 bridgehead atoms. The molecule has 0 saturated heterocycles. The molecule has 0 rings (SSSR count). The first-order valence-electron chi connectivity index (χ1n) is 2.12. The Balaban J connectivity index is 0. The summed E-state index contributed by atoms with van der Waals surface area (Å²) in [6.45, 7) is 2.81. The molecular weight excluding hydrogens is 225 g/mol. The molecule has 0 aromatic carbocycles. The maximum atomic E-state index is 10.0. The number of Topliss-reactive ketones (excluding diaryl/α,β-unsaturated/α-hetero) is 2. The van der Waals surface area contributed by atoms with Gasteiger partial charge in [0.15, 0.2) is 0 Å². The summed E-state index contributed by atoms with van der Waals surface area (Å²) in [5, 5.41) is 0. The molecular formula is C5H9CsO2. The fraction of sp³-hybridized carbons (Fsp3) is 0.600. The van der Waals surface area contributed by atoms with E-state index >= 15 is 0 Å². The predicted molar refractivity (Wildman–Crippen MR) is 33.1 cm³/mol. The molecule has 0 aliphatic rings. The van der Waals surface area contributed by atoms with Crippen LogP contribution in [0.1, 0.15) is 20.3 Å². The summed E-state index contributed by atoms with van der Waals surface area (Å²) in [6, 6.07) is 0. The molecule has 0 aromatic heterocycles. The van der Waals surface area contributed by atoms with Crippen LogP contribution in [-0.2, 0) is 9.59 Å². The summed E-state index contributed by atoms with van der Waals surface area (Å²) >= 11 is 0. The van der Waals surface area contributed by atoms with E-state index in [1.807, 2.05) is 0 Å². The Morgan fingerprint density at radius 1 is 1.12 bits per heavy atom. The molecule has 0 radical (unpaired) electrons. The van der Waals surface area contributed by atoms with Crippen LogP contribution in [0.2, 0.25) is 0 Å². The average Bonchev–Trinajstić information content (AvgIpc) is 1.27. The van der Waals surface area contributed by atoms with Crippen LogP contribution >= 0.6 is 0 Å². The molecule has 0 aliphatic heterocycles. The molecule has 3 heteroatoms. The molecule has 0 aromatic rings. The van der Waals surface area contributed by atoms with Gasteiger partial charge in [-0.05, 0) is 13.8 Å². The van der Waals surface area contributed by atoms with Gasteiger partial charge in [0.2, 0.25) is 0 Å². The van der Waals surface area contributed by atoms with E-state index in [0.717, 1.165) is 0 Å². The number of rotatable bonds is 2. The van der Waals surface area contributed by atoms with Gasteiger partial charge < -0.3 is 0 Å². The van der Waals surface area contributed by atoms with Crippen molar-refractivity contribution in [2.75, 3.05) is 0 Å². The Labute approximate surface area is 108 Å². The van der Waals surface area contributed by atoms with Crippen LogP contribution in [0.15, 0.2) is 0 Å². The Morgan fingerprint density at radius 3 is 1.38 bits per heavy atom. The van der Waals surface area contributed by atoms with Crippen molar-refractivity contribution in [3.63, 3.8) is 0 Å². The van der Waals surface area contributed by atoms with Crippen molar-refractivity contribution < 1.29 is 9.59 Å². The van der Waals surface area contributed by atoms with Gasteiger partial charge in [-0.1, -0.05) is 0 Å². The van der Waals surface area contributed by atoms with Crippen molar-refractivity contribution in [3.05, 3.63) is 0 Å². The summed E-state index contributed by atoms with van der Waals surface area (Å²) in [5.74, 6) is -0.125. The average molecular weight is 234 g/mol. The first kappa shape index (κ1) is 12.1. The number of ketones is 2. The van der Waals surface area contributed by atoms with Gasteiger partial charge in [0.05, 0.1) is 6.42 Å². The molecule has 8 heavy (non-hydrogen) atoms. The molecule has 0 amide bonds. The SMILES string of the molecule is CC(=O)CC(C)=O.[CsH]. The van der Waals surface area contributed by atoms with Gasteiger partial charge in [0, 0.05) is 0 Å². The van der Waals surface area contributed by atoms with Crippen molar-refractivity contribution in [1.29, 1.82) is 0 Å². The summed E-state index contributed by atoms with van der Waals surface area (Å²) in [7, 11) is 0. The van der Waals surface area contributed by atoms with Gasteiger partial charge in [-0.2, -0.15) is 0 Å².